The van der Waals surface area contributed by atoms with Crippen LogP contribution in [0.2, 0.25) is 0 Å². The zero-order valence-corrected chi connectivity index (χ0v) is 5.28. The molecule has 0 atom stereocenters. The van der Waals surface area contributed by atoms with E-state index in [0.717, 1.165) is 0 Å². The Morgan fingerprint density at radius 1 is 1.00 bits per heavy atom. The quantitative estimate of drug-likeness (QED) is 0.527. The minimum atomic E-state index is 0. The molecule has 0 nitrogen and oxygen atoms in total. The van der Waals surface area contributed by atoms with Crippen LogP contribution in [0.4, 0.5) is 4.70 Å². The molecule has 0 heterocycles. The first-order valence-corrected chi connectivity index (χ1v) is 0. The number of hydrogen-bond acceptors (Lipinski definition) is 0. The largest absolute Gasteiger partial charge is 0 e. The second-order valence-electron chi connectivity index (χ2n) is 0. The van der Waals surface area contributed by atoms with Crippen molar-refractivity contribution in [1.82, 2.24) is 0 Å². The van der Waals surface area contributed by atoms with Gasteiger partial charge in [0.15, 0.2) is 0 Å². The molecule has 0 aromatic carbocycles. The Morgan fingerprint density at radius 2 is 1.00 bits per heavy atom. The van der Waals surface area contributed by atoms with Gasteiger partial charge >= 0.3 is 51.4 Å². The van der Waals surface area contributed by atoms with E-state index in [4.69, 9.17) is 0 Å². The van der Waals surface area contributed by atoms with Gasteiger partial charge in [0.25, 0.3) is 0 Å². The second kappa shape index (κ2) is 15.9. The Balaban J connectivity index is 0. The molecule has 4 heavy (non-hydrogen) atoms. The van der Waals surface area contributed by atoms with Gasteiger partial charge in [-0.15, -0.1) is 0 Å². The van der Waals surface area contributed by atoms with Crippen molar-refractivity contribution in [3.63, 3.8) is 0 Å². The number of halogens is 1. The molecule has 0 fully saturated rings. The van der Waals surface area contributed by atoms with Crippen LogP contribution in [0.1, 0.15) is 0 Å². The van der Waals surface area contributed by atoms with E-state index < -0.39 is 0 Å². The Bertz CT molecular complexity index is 8.00. The van der Waals surface area contributed by atoms with Crippen LogP contribution in [-0.4, -0.2) is 51.4 Å². The van der Waals surface area contributed by atoms with Crippen molar-refractivity contribution < 1.29 is 67.8 Å². The van der Waals surface area contributed by atoms with Gasteiger partial charge in [0, 0.05) is 63.1 Å². The molecule has 0 aliphatic rings. The fraction of sp³-hybridized carbons (Fsp3) is 0. The molecule has 0 N–H and O–H groups in total. The molecule has 0 aromatic heterocycles. The van der Waals surface area contributed by atoms with E-state index in [-0.39, 0.29) is 119 Å². The van der Waals surface area contributed by atoms with E-state index >= 15 is 0 Å². The zero-order chi connectivity index (χ0) is 0. The van der Waals surface area contributed by atoms with Crippen LogP contribution < -0.4 is 0 Å². The second-order valence-corrected chi connectivity index (χ2v) is 0. The molecular formula is H2FKLuZr. The zero-order valence-electron chi connectivity index (χ0n) is 1.17. The van der Waals surface area contributed by atoms with Crippen LogP contribution in [-0.2, 0) is 26.2 Å². The molecule has 0 saturated carbocycles. The van der Waals surface area contributed by atoms with Gasteiger partial charge in [-0.3, -0.25) is 4.70 Å². The first kappa shape index (κ1) is 25.3. The molecule has 0 aliphatic heterocycles. The monoisotopic (exact) mass is 325 g/mol. The maximum absolute atomic E-state index is 0. The predicted octanol–water partition coefficient (Wildman–Crippen LogP) is -0.498. The SMILES string of the molecule is F.[KH].[Lu].[Zr]. The van der Waals surface area contributed by atoms with Crippen LogP contribution in [0, 0.1) is 36.9 Å². The Kier molecular flexibility index (Phi) is 101. The summed E-state index contributed by atoms with van der Waals surface area (Å²) in [5.41, 5.74) is 0. The van der Waals surface area contributed by atoms with Crippen molar-refractivity contribution in [2.75, 3.05) is 0 Å². The van der Waals surface area contributed by atoms with Crippen molar-refractivity contribution in [1.29, 1.82) is 0 Å². The molecule has 0 aliphatic carbocycles. The van der Waals surface area contributed by atoms with Gasteiger partial charge in [-0.05, 0) is 0 Å². The molecule has 0 spiro atoms. The molecule has 0 rings (SSSR count). The number of hydrogen-bond donors (Lipinski definition) is 0. The third kappa shape index (κ3) is 9.19. The molecule has 0 bridgehead atoms. The van der Waals surface area contributed by atoms with Gasteiger partial charge in [-0.2, -0.15) is 0 Å². The van der Waals surface area contributed by atoms with Crippen molar-refractivity contribution >= 4 is 51.4 Å². The Hall–Kier alpha value is 3.68. The maximum Gasteiger partial charge on any atom is 0 e. The van der Waals surface area contributed by atoms with Gasteiger partial charge in [0.05, 0.1) is 0 Å². The van der Waals surface area contributed by atoms with Gasteiger partial charge in [-0.1, -0.05) is 0 Å². The molecule has 0 unspecified atom stereocenters. The maximum atomic E-state index is 0. The van der Waals surface area contributed by atoms with Crippen LogP contribution in [0.25, 0.3) is 0 Å². The smallest absolute Gasteiger partial charge is 0 e. The van der Waals surface area contributed by atoms with E-state index in [1.165, 1.54) is 0 Å². The first-order chi connectivity index (χ1) is 0. The molecular weight excluding hydrogens is 324 g/mol. The summed E-state index contributed by atoms with van der Waals surface area (Å²) in [5.74, 6) is 0. The molecule has 0 aromatic rings. The predicted molar refractivity (Wildman–Crippen MR) is 9.65 cm³/mol. The van der Waals surface area contributed by atoms with Crippen molar-refractivity contribution in [2.24, 2.45) is 0 Å². The van der Waals surface area contributed by atoms with E-state index in [2.05, 4.69) is 0 Å². The topological polar surface area (TPSA) is 0 Å². The Morgan fingerprint density at radius 3 is 1.00 bits per heavy atom. The van der Waals surface area contributed by atoms with E-state index in [0.29, 0.717) is 0 Å². The molecule has 29 valence electrons. The van der Waals surface area contributed by atoms with Crippen LogP contribution in [0.3, 0.4) is 0 Å². The summed E-state index contributed by atoms with van der Waals surface area (Å²) in [5, 5.41) is 0. The van der Waals surface area contributed by atoms with Gasteiger partial charge in [0.1, 0.15) is 0 Å². The third-order valence-corrected chi connectivity index (χ3v) is 0. The summed E-state index contributed by atoms with van der Waals surface area (Å²) in [4.78, 5) is 0. The minimum Gasteiger partial charge on any atom is 0 e. The molecule has 0 amide bonds. The van der Waals surface area contributed by atoms with Gasteiger partial charge in [-0.25, -0.2) is 0 Å². The van der Waals surface area contributed by atoms with Gasteiger partial charge in [0.2, 0.25) is 0 Å². The summed E-state index contributed by atoms with van der Waals surface area (Å²) < 4.78 is 0. The normalized spacial score (nSPS) is 0. The van der Waals surface area contributed by atoms with Crippen LogP contribution in [0.5, 0.6) is 0 Å². The first-order valence-electron chi connectivity index (χ1n) is 0. The molecule has 0 saturated heterocycles. The van der Waals surface area contributed by atoms with Crippen molar-refractivity contribution in [3.05, 3.63) is 0 Å². The van der Waals surface area contributed by atoms with Crippen molar-refractivity contribution in [2.45, 2.75) is 0 Å². The fourth-order valence-corrected chi connectivity index (χ4v) is 0. The average molecular weight is 326 g/mol. The van der Waals surface area contributed by atoms with E-state index in [9.17, 15) is 0 Å². The fourth-order valence-electron chi connectivity index (χ4n) is 0. The van der Waals surface area contributed by atoms with Crippen molar-refractivity contribution in [3.8, 4) is 0 Å². The number of rotatable bonds is 0. The van der Waals surface area contributed by atoms with Gasteiger partial charge < -0.3 is 0 Å². The Labute approximate surface area is 116 Å². The minimum absolute atomic E-state index is 0. The average Bonchev–Trinajstić information content (AvgIpc) is 0. The van der Waals surface area contributed by atoms with Crippen LogP contribution in [0.15, 0.2) is 0 Å². The summed E-state index contributed by atoms with van der Waals surface area (Å²) in [6.07, 6.45) is 0. The summed E-state index contributed by atoms with van der Waals surface area (Å²) in [7, 11) is 0. The molecule has 4 heteroatoms. The van der Waals surface area contributed by atoms with E-state index in [1.54, 1.807) is 0 Å². The third-order valence-electron chi connectivity index (χ3n) is 0. The molecule has 1 radical (unpaired) electrons. The standard InChI is InChI=1S/FH.K.Lu.Zr.H/h1H;;;;. The summed E-state index contributed by atoms with van der Waals surface area (Å²) in [6.45, 7) is 0. The summed E-state index contributed by atoms with van der Waals surface area (Å²) >= 11 is 0. The van der Waals surface area contributed by atoms with E-state index in [1.807, 2.05) is 0 Å². The summed E-state index contributed by atoms with van der Waals surface area (Å²) in [6, 6.07) is 0. The van der Waals surface area contributed by atoms with Crippen LogP contribution >= 0.6 is 0 Å².